The zero-order valence-corrected chi connectivity index (χ0v) is 13.1. The van der Waals surface area contributed by atoms with Crippen molar-refractivity contribution in [2.45, 2.75) is 33.1 Å². The Morgan fingerprint density at radius 1 is 1.09 bits per heavy atom. The van der Waals surface area contributed by atoms with E-state index in [4.69, 9.17) is 4.74 Å². The Balaban J connectivity index is 2.39. The Morgan fingerprint density at radius 2 is 1.82 bits per heavy atom. The number of ether oxygens (including phenoxy) is 1. The van der Waals surface area contributed by atoms with Crippen molar-refractivity contribution in [1.82, 2.24) is 0 Å². The Kier molecular flexibility index (Phi) is 5.59. The van der Waals surface area contributed by atoms with Crippen molar-refractivity contribution in [2.75, 3.05) is 6.61 Å². The minimum Gasteiger partial charge on any atom is -0.494 e. The molecule has 116 valence electrons. The van der Waals surface area contributed by atoms with Gasteiger partial charge in [-0.1, -0.05) is 37.6 Å². The van der Waals surface area contributed by atoms with Crippen molar-refractivity contribution >= 4 is 5.97 Å². The van der Waals surface area contributed by atoms with Crippen molar-refractivity contribution in [1.29, 1.82) is 0 Å². The fourth-order valence-electron chi connectivity index (χ4n) is 2.45. The lowest BCUT2D eigenvalue weighted by molar-refractivity contribution is 0.0697. The molecule has 0 amide bonds. The number of aryl methyl sites for hydroxylation is 1. The molecular formula is C19H22O3. The zero-order valence-electron chi connectivity index (χ0n) is 13.1. The summed E-state index contributed by atoms with van der Waals surface area (Å²) in [6.45, 7) is 4.71. The number of carbonyl (C=O) groups is 1. The molecule has 2 rings (SSSR count). The molecule has 3 nitrogen and oxygen atoms in total. The van der Waals surface area contributed by atoms with Gasteiger partial charge in [0.05, 0.1) is 12.2 Å². The van der Waals surface area contributed by atoms with E-state index in [-0.39, 0.29) is 0 Å². The van der Waals surface area contributed by atoms with Crippen molar-refractivity contribution in [2.24, 2.45) is 0 Å². The lowest BCUT2D eigenvalue weighted by Crippen LogP contribution is -2.01. The zero-order chi connectivity index (χ0) is 15.9. The number of benzene rings is 2. The van der Waals surface area contributed by atoms with Gasteiger partial charge in [-0.15, -0.1) is 0 Å². The summed E-state index contributed by atoms with van der Waals surface area (Å²) >= 11 is 0. The van der Waals surface area contributed by atoms with E-state index in [1.165, 1.54) is 5.56 Å². The van der Waals surface area contributed by atoms with E-state index < -0.39 is 5.97 Å². The van der Waals surface area contributed by atoms with Gasteiger partial charge < -0.3 is 9.84 Å². The molecule has 0 aromatic heterocycles. The van der Waals surface area contributed by atoms with Gasteiger partial charge in [-0.2, -0.15) is 0 Å². The first-order valence-electron chi connectivity index (χ1n) is 7.75. The van der Waals surface area contributed by atoms with Gasteiger partial charge in [0.2, 0.25) is 0 Å². The lowest BCUT2D eigenvalue weighted by atomic mass is 9.95. The highest BCUT2D eigenvalue weighted by Crippen LogP contribution is 2.27. The van der Waals surface area contributed by atoms with E-state index in [1.54, 1.807) is 6.07 Å². The Morgan fingerprint density at radius 3 is 2.41 bits per heavy atom. The standard InChI is InChI=1S/C19H22O3/c1-3-5-6-14-7-12-17(19(20)21)18(13-14)15-8-10-16(11-9-15)22-4-2/h7-13H,3-6H2,1-2H3,(H,20,21). The van der Waals surface area contributed by atoms with Crippen LogP contribution in [0.25, 0.3) is 11.1 Å². The monoisotopic (exact) mass is 298 g/mol. The largest absolute Gasteiger partial charge is 0.494 e. The smallest absolute Gasteiger partial charge is 0.336 e. The van der Waals surface area contributed by atoms with Gasteiger partial charge >= 0.3 is 5.97 Å². The molecule has 1 N–H and O–H groups in total. The molecule has 0 saturated heterocycles. The number of rotatable bonds is 7. The Hall–Kier alpha value is -2.29. The summed E-state index contributed by atoms with van der Waals surface area (Å²) in [6, 6.07) is 13.2. The summed E-state index contributed by atoms with van der Waals surface area (Å²) in [6.07, 6.45) is 3.20. The molecule has 0 heterocycles. The Bertz CT molecular complexity index is 630. The molecule has 0 fully saturated rings. The van der Waals surface area contributed by atoms with Crippen LogP contribution < -0.4 is 4.74 Å². The van der Waals surface area contributed by atoms with Gasteiger partial charge in [-0.05, 0) is 54.7 Å². The van der Waals surface area contributed by atoms with Crippen LogP contribution >= 0.6 is 0 Å². The molecule has 0 spiro atoms. The van der Waals surface area contributed by atoms with Crippen LogP contribution in [0.4, 0.5) is 0 Å². The van der Waals surface area contributed by atoms with Crippen molar-refractivity contribution < 1.29 is 14.6 Å². The van der Waals surface area contributed by atoms with Crippen LogP contribution in [0.1, 0.15) is 42.6 Å². The van der Waals surface area contributed by atoms with Crippen LogP contribution in [0.2, 0.25) is 0 Å². The maximum absolute atomic E-state index is 11.5. The van der Waals surface area contributed by atoms with Crippen LogP contribution in [0, 0.1) is 0 Å². The molecule has 3 heteroatoms. The molecule has 22 heavy (non-hydrogen) atoms. The summed E-state index contributed by atoms with van der Waals surface area (Å²) in [5, 5.41) is 9.41. The van der Waals surface area contributed by atoms with E-state index in [9.17, 15) is 9.90 Å². The predicted octanol–water partition coefficient (Wildman–Crippen LogP) is 4.79. The quantitative estimate of drug-likeness (QED) is 0.799. The first kappa shape index (κ1) is 16.1. The molecule has 2 aromatic rings. The van der Waals surface area contributed by atoms with E-state index in [0.717, 1.165) is 36.1 Å². The summed E-state index contributed by atoms with van der Waals surface area (Å²) in [5.74, 6) is -0.101. The molecular weight excluding hydrogens is 276 g/mol. The topological polar surface area (TPSA) is 46.5 Å². The summed E-state index contributed by atoms with van der Waals surface area (Å²) in [7, 11) is 0. The highest BCUT2D eigenvalue weighted by Gasteiger charge is 2.12. The minimum atomic E-state index is -0.897. The third kappa shape index (κ3) is 3.88. The van der Waals surface area contributed by atoms with Crippen LogP contribution in [-0.4, -0.2) is 17.7 Å². The highest BCUT2D eigenvalue weighted by molar-refractivity contribution is 5.96. The molecule has 0 aliphatic heterocycles. The van der Waals surface area contributed by atoms with E-state index >= 15 is 0 Å². The summed E-state index contributed by atoms with van der Waals surface area (Å²) in [5.41, 5.74) is 3.18. The number of carboxylic acid groups (broad SMARTS) is 1. The van der Waals surface area contributed by atoms with Gasteiger partial charge in [0, 0.05) is 0 Å². The average Bonchev–Trinajstić information content (AvgIpc) is 2.53. The van der Waals surface area contributed by atoms with Crippen LogP contribution in [-0.2, 0) is 6.42 Å². The second-order valence-corrected chi connectivity index (χ2v) is 5.25. The molecule has 0 unspecified atom stereocenters. The molecule has 0 saturated carbocycles. The second kappa shape index (κ2) is 7.64. The third-order valence-electron chi connectivity index (χ3n) is 3.61. The van der Waals surface area contributed by atoms with E-state index in [0.29, 0.717) is 12.2 Å². The first-order valence-corrected chi connectivity index (χ1v) is 7.75. The first-order chi connectivity index (χ1) is 10.7. The normalized spacial score (nSPS) is 10.5. The van der Waals surface area contributed by atoms with Gasteiger partial charge in [0.25, 0.3) is 0 Å². The summed E-state index contributed by atoms with van der Waals surface area (Å²) in [4.78, 5) is 11.5. The highest BCUT2D eigenvalue weighted by atomic mass is 16.5. The fraction of sp³-hybridized carbons (Fsp3) is 0.316. The average molecular weight is 298 g/mol. The molecule has 2 aromatic carbocycles. The fourth-order valence-corrected chi connectivity index (χ4v) is 2.45. The van der Waals surface area contributed by atoms with Gasteiger partial charge in [-0.25, -0.2) is 4.79 Å². The molecule has 0 bridgehead atoms. The predicted molar refractivity (Wildman–Crippen MR) is 88.6 cm³/mol. The number of carboxylic acids is 1. The maximum atomic E-state index is 11.5. The maximum Gasteiger partial charge on any atom is 0.336 e. The molecule has 0 atom stereocenters. The molecule has 0 radical (unpaired) electrons. The summed E-state index contributed by atoms with van der Waals surface area (Å²) < 4.78 is 5.43. The number of aromatic carboxylic acids is 1. The lowest BCUT2D eigenvalue weighted by Gasteiger charge is -2.10. The van der Waals surface area contributed by atoms with E-state index in [2.05, 4.69) is 6.92 Å². The molecule has 0 aliphatic carbocycles. The van der Waals surface area contributed by atoms with E-state index in [1.807, 2.05) is 43.3 Å². The van der Waals surface area contributed by atoms with Gasteiger partial charge in [-0.3, -0.25) is 0 Å². The second-order valence-electron chi connectivity index (χ2n) is 5.25. The van der Waals surface area contributed by atoms with Crippen LogP contribution in [0.15, 0.2) is 42.5 Å². The van der Waals surface area contributed by atoms with Crippen molar-refractivity contribution in [3.63, 3.8) is 0 Å². The SMILES string of the molecule is CCCCc1ccc(C(=O)O)c(-c2ccc(OCC)cc2)c1. The van der Waals surface area contributed by atoms with Crippen molar-refractivity contribution in [3.8, 4) is 16.9 Å². The number of hydrogen-bond donors (Lipinski definition) is 1. The Labute approximate surface area is 131 Å². The van der Waals surface area contributed by atoms with Gasteiger partial charge in [0.15, 0.2) is 0 Å². The number of unbranched alkanes of at least 4 members (excludes halogenated alkanes) is 1. The molecule has 0 aliphatic rings. The van der Waals surface area contributed by atoms with Crippen molar-refractivity contribution in [3.05, 3.63) is 53.6 Å². The number of hydrogen-bond acceptors (Lipinski definition) is 2. The van der Waals surface area contributed by atoms with Crippen LogP contribution in [0.3, 0.4) is 0 Å². The minimum absolute atomic E-state index is 0.337. The third-order valence-corrected chi connectivity index (χ3v) is 3.61. The van der Waals surface area contributed by atoms with Crippen LogP contribution in [0.5, 0.6) is 5.75 Å². The van der Waals surface area contributed by atoms with Gasteiger partial charge in [0.1, 0.15) is 5.75 Å².